The van der Waals surface area contributed by atoms with Crippen molar-refractivity contribution >= 4 is 0 Å². The second kappa shape index (κ2) is 6.38. The Bertz CT molecular complexity index is 135. The van der Waals surface area contributed by atoms with Crippen molar-refractivity contribution in [3.8, 4) is 0 Å². The van der Waals surface area contributed by atoms with Gasteiger partial charge in [0.2, 0.25) is 0 Å². The van der Waals surface area contributed by atoms with Crippen LogP contribution in [0.15, 0.2) is 0 Å². The van der Waals surface area contributed by atoms with E-state index in [1.165, 1.54) is 19.5 Å². The lowest BCUT2D eigenvalue weighted by Gasteiger charge is -2.25. The summed E-state index contributed by atoms with van der Waals surface area (Å²) in [5.74, 6) is 0. The molecule has 0 amide bonds. The summed E-state index contributed by atoms with van der Waals surface area (Å²) in [4.78, 5) is 2.47. The summed E-state index contributed by atoms with van der Waals surface area (Å²) in [6, 6.07) is 1.31. The minimum atomic E-state index is 0.611. The molecule has 1 saturated heterocycles. The van der Waals surface area contributed by atoms with E-state index in [2.05, 4.69) is 36.3 Å². The van der Waals surface area contributed by atoms with Crippen LogP contribution < -0.4 is 10.6 Å². The molecule has 0 bridgehead atoms. The summed E-state index contributed by atoms with van der Waals surface area (Å²) in [6.45, 7) is 12.6. The average molecular weight is 199 g/mol. The normalized spacial score (nSPS) is 24.4. The third-order valence-electron chi connectivity index (χ3n) is 3.01. The predicted octanol–water partition coefficient (Wildman–Crippen LogP) is 0.668. The Morgan fingerprint density at radius 3 is 2.64 bits per heavy atom. The maximum absolute atomic E-state index is 3.67. The average Bonchev–Trinajstić information content (AvgIpc) is 2.66. The first-order chi connectivity index (χ1) is 6.76. The molecule has 1 rings (SSSR count). The summed E-state index contributed by atoms with van der Waals surface area (Å²) >= 11 is 0. The molecule has 84 valence electrons. The molecule has 14 heavy (non-hydrogen) atoms. The van der Waals surface area contributed by atoms with E-state index in [1.807, 2.05) is 0 Å². The first-order valence-corrected chi connectivity index (χ1v) is 5.95. The fraction of sp³-hybridized carbons (Fsp3) is 1.00. The van der Waals surface area contributed by atoms with Gasteiger partial charge in [-0.2, -0.15) is 0 Å². The molecule has 2 N–H and O–H groups in total. The van der Waals surface area contributed by atoms with Crippen LogP contribution in [0.4, 0.5) is 0 Å². The van der Waals surface area contributed by atoms with Crippen molar-refractivity contribution in [1.82, 2.24) is 15.5 Å². The number of nitrogens with zero attached hydrogens (tertiary/aromatic N) is 1. The zero-order chi connectivity index (χ0) is 10.4. The van der Waals surface area contributed by atoms with Gasteiger partial charge < -0.3 is 15.5 Å². The summed E-state index contributed by atoms with van der Waals surface area (Å²) < 4.78 is 0. The van der Waals surface area contributed by atoms with E-state index in [9.17, 15) is 0 Å². The van der Waals surface area contributed by atoms with Gasteiger partial charge >= 0.3 is 0 Å². The smallest absolute Gasteiger partial charge is 0.0207 e. The molecule has 1 aliphatic rings. The van der Waals surface area contributed by atoms with E-state index in [0.29, 0.717) is 12.1 Å². The number of hydrogen-bond acceptors (Lipinski definition) is 3. The lowest BCUT2D eigenvalue weighted by atomic mass is 10.2. The van der Waals surface area contributed by atoms with Crippen LogP contribution in [0.5, 0.6) is 0 Å². The van der Waals surface area contributed by atoms with Gasteiger partial charge in [0.25, 0.3) is 0 Å². The molecule has 0 saturated carbocycles. The van der Waals surface area contributed by atoms with Gasteiger partial charge in [0, 0.05) is 25.2 Å². The van der Waals surface area contributed by atoms with E-state index < -0.39 is 0 Å². The topological polar surface area (TPSA) is 27.3 Å². The minimum Gasteiger partial charge on any atom is -0.315 e. The predicted molar refractivity (Wildman–Crippen MR) is 61.7 cm³/mol. The van der Waals surface area contributed by atoms with Crippen LogP contribution in [0.25, 0.3) is 0 Å². The molecular formula is C11H25N3. The molecule has 2 atom stereocenters. The Labute approximate surface area is 88.2 Å². The van der Waals surface area contributed by atoms with Gasteiger partial charge in [0.15, 0.2) is 0 Å². The highest BCUT2D eigenvalue weighted by Gasteiger charge is 2.16. The SMILES string of the molecule is CCN(CC)CC(C)NC1CCNC1. The van der Waals surface area contributed by atoms with E-state index in [-0.39, 0.29) is 0 Å². The molecule has 0 spiro atoms. The van der Waals surface area contributed by atoms with Crippen LogP contribution in [-0.4, -0.2) is 49.7 Å². The maximum Gasteiger partial charge on any atom is 0.0207 e. The van der Waals surface area contributed by atoms with Crippen LogP contribution in [0.2, 0.25) is 0 Å². The molecule has 1 aliphatic heterocycles. The number of rotatable bonds is 6. The standard InChI is InChI=1S/C11H25N3/c1-4-14(5-2)9-10(3)13-11-6-7-12-8-11/h10-13H,4-9H2,1-3H3. The fourth-order valence-corrected chi connectivity index (χ4v) is 2.12. The molecule has 0 aromatic rings. The number of likely N-dealkylation sites (N-methyl/N-ethyl adjacent to an activating group) is 1. The molecular weight excluding hydrogens is 174 g/mol. The first-order valence-electron chi connectivity index (χ1n) is 5.95. The Morgan fingerprint density at radius 1 is 1.43 bits per heavy atom. The molecule has 0 radical (unpaired) electrons. The first kappa shape index (κ1) is 12.0. The van der Waals surface area contributed by atoms with Crippen molar-refractivity contribution in [2.45, 2.75) is 39.3 Å². The highest BCUT2D eigenvalue weighted by molar-refractivity contribution is 4.80. The van der Waals surface area contributed by atoms with E-state index in [0.717, 1.165) is 19.6 Å². The summed E-state index contributed by atoms with van der Waals surface area (Å²) in [5.41, 5.74) is 0. The largest absolute Gasteiger partial charge is 0.315 e. The van der Waals surface area contributed by atoms with Gasteiger partial charge in [0.05, 0.1) is 0 Å². The third kappa shape index (κ3) is 3.95. The van der Waals surface area contributed by atoms with Gasteiger partial charge in [-0.1, -0.05) is 13.8 Å². The zero-order valence-electron chi connectivity index (χ0n) is 9.84. The highest BCUT2D eigenvalue weighted by Crippen LogP contribution is 2.00. The minimum absolute atomic E-state index is 0.611. The van der Waals surface area contributed by atoms with Crippen molar-refractivity contribution in [3.63, 3.8) is 0 Å². The van der Waals surface area contributed by atoms with Crippen molar-refractivity contribution in [1.29, 1.82) is 0 Å². The lowest BCUT2D eigenvalue weighted by molar-refractivity contribution is 0.263. The van der Waals surface area contributed by atoms with Crippen LogP contribution in [0.1, 0.15) is 27.2 Å². The highest BCUT2D eigenvalue weighted by atomic mass is 15.1. The summed E-state index contributed by atoms with van der Waals surface area (Å²) in [5, 5.41) is 7.06. The monoisotopic (exact) mass is 199 g/mol. The summed E-state index contributed by atoms with van der Waals surface area (Å²) in [6.07, 6.45) is 1.28. The molecule has 0 aromatic heterocycles. The summed E-state index contributed by atoms with van der Waals surface area (Å²) in [7, 11) is 0. The molecule has 1 fully saturated rings. The van der Waals surface area contributed by atoms with Crippen molar-refractivity contribution in [2.75, 3.05) is 32.7 Å². The molecule has 0 aromatic carbocycles. The van der Waals surface area contributed by atoms with Crippen LogP contribution >= 0.6 is 0 Å². The lowest BCUT2D eigenvalue weighted by Crippen LogP contribution is -2.44. The van der Waals surface area contributed by atoms with Crippen molar-refractivity contribution in [3.05, 3.63) is 0 Å². The Balaban J connectivity index is 2.16. The third-order valence-corrected chi connectivity index (χ3v) is 3.01. The van der Waals surface area contributed by atoms with E-state index >= 15 is 0 Å². The van der Waals surface area contributed by atoms with Gasteiger partial charge in [-0.3, -0.25) is 0 Å². The Hall–Kier alpha value is -0.120. The van der Waals surface area contributed by atoms with Crippen LogP contribution in [-0.2, 0) is 0 Å². The molecule has 2 unspecified atom stereocenters. The van der Waals surface area contributed by atoms with Gasteiger partial charge in [-0.05, 0) is 33.0 Å². The van der Waals surface area contributed by atoms with Crippen molar-refractivity contribution < 1.29 is 0 Å². The van der Waals surface area contributed by atoms with Crippen molar-refractivity contribution in [2.24, 2.45) is 0 Å². The number of hydrogen-bond donors (Lipinski definition) is 2. The molecule has 3 nitrogen and oxygen atoms in total. The Morgan fingerprint density at radius 2 is 2.14 bits per heavy atom. The molecule has 1 heterocycles. The van der Waals surface area contributed by atoms with Gasteiger partial charge in [-0.25, -0.2) is 0 Å². The van der Waals surface area contributed by atoms with Gasteiger partial charge in [-0.15, -0.1) is 0 Å². The van der Waals surface area contributed by atoms with Crippen LogP contribution in [0, 0.1) is 0 Å². The molecule has 0 aliphatic carbocycles. The fourth-order valence-electron chi connectivity index (χ4n) is 2.12. The van der Waals surface area contributed by atoms with Crippen LogP contribution in [0.3, 0.4) is 0 Å². The second-order valence-electron chi connectivity index (χ2n) is 4.24. The molecule has 3 heteroatoms. The zero-order valence-corrected chi connectivity index (χ0v) is 9.84. The van der Waals surface area contributed by atoms with Gasteiger partial charge in [0.1, 0.15) is 0 Å². The number of nitrogens with one attached hydrogen (secondary N) is 2. The maximum atomic E-state index is 3.67. The van der Waals surface area contributed by atoms with E-state index in [1.54, 1.807) is 0 Å². The second-order valence-corrected chi connectivity index (χ2v) is 4.24. The Kier molecular flexibility index (Phi) is 5.45. The van der Waals surface area contributed by atoms with E-state index in [4.69, 9.17) is 0 Å². The quantitative estimate of drug-likeness (QED) is 0.658.